The summed E-state index contributed by atoms with van der Waals surface area (Å²) in [6, 6.07) is 7.17. The van der Waals surface area contributed by atoms with E-state index in [0.717, 1.165) is 11.3 Å². The van der Waals surface area contributed by atoms with Gasteiger partial charge < -0.3 is 4.74 Å². The van der Waals surface area contributed by atoms with Gasteiger partial charge in [-0.05, 0) is 29.8 Å². The van der Waals surface area contributed by atoms with Gasteiger partial charge in [-0.3, -0.25) is 9.55 Å². The van der Waals surface area contributed by atoms with Crippen LogP contribution >= 0.6 is 0 Å². The molecule has 1 aromatic carbocycles. The zero-order valence-corrected chi connectivity index (χ0v) is 9.64. The van der Waals surface area contributed by atoms with E-state index in [0.29, 0.717) is 0 Å². The Hall–Kier alpha value is -1.40. The van der Waals surface area contributed by atoms with E-state index in [2.05, 4.69) is 4.99 Å². The lowest BCUT2D eigenvalue weighted by Gasteiger charge is -1.98. The van der Waals surface area contributed by atoms with Crippen LogP contribution in [-0.2, 0) is 10.1 Å². The smallest absolute Gasteiger partial charge is 0.266 e. The molecule has 88 valence electrons. The molecule has 0 saturated carbocycles. The molecular formula is C10H13NO4S. The summed E-state index contributed by atoms with van der Waals surface area (Å²) >= 11 is 0. The molecule has 5 nitrogen and oxygen atoms in total. The van der Waals surface area contributed by atoms with Gasteiger partial charge in [0, 0.05) is 6.21 Å². The molecule has 0 unspecified atom stereocenters. The molecule has 0 amide bonds. The van der Waals surface area contributed by atoms with Crippen molar-refractivity contribution in [2.24, 2.45) is 4.99 Å². The Morgan fingerprint density at radius 3 is 2.50 bits per heavy atom. The second-order valence-corrected chi connectivity index (χ2v) is 4.67. The number of hydrogen-bond acceptors (Lipinski definition) is 4. The maximum absolute atomic E-state index is 10.4. The SMILES string of the molecule is COc1ccc(C=NCCS(=O)(=O)O)cc1. The van der Waals surface area contributed by atoms with Gasteiger partial charge in [-0.15, -0.1) is 0 Å². The number of nitrogens with zero attached hydrogens (tertiary/aromatic N) is 1. The predicted octanol–water partition coefficient (Wildman–Crippen LogP) is 1.00. The van der Waals surface area contributed by atoms with E-state index in [4.69, 9.17) is 9.29 Å². The molecule has 0 aliphatic rings. The van der Waals surface area contributed by atoms with Crippen LogP contribution in [0.25, 0.3) is 0 Å². The van der Waals surface area contributed by atoms with Crippen molar-refractivity contribution in [2.45, 2.75) is 0 Å². The summed E-state index contributed by atoms with van der Waals surface area (Å²) in [6.07, 6.45) is 1.55. The van der Waals surface area contributed by atoms with Crippen molar-refractivity contribution in [1.29, 1.82) is 0 Å². The molecular weight excluding hydrogens is 230 g/mol. The zero-order valence-electron chi connectivity index (χ0n) is 8.83. The summed E-state index contributed by atoms with van der Waals surface area (Å²) in [6.45, 7) is 0.0465. The van der Waals surface area contributed by atoms with Gasteiger partial charge in [-0.1, -0.05) is 0 Å². The molecule has 0 saturated heterocycles. The molecule has 6 heteroatoms. The first-order valence-corrected chi connectivity index (χ1v) is 6.21. The molecule has 0 bridgehead atoms. The normalized spacial score (nSPS) is 11.9. The monoisotopic (exact) mass is 243 g/mol. The number of aliphatic imine (C=N–C) groups is 1. The van der Waals surface area contributed by atoms with E-state index in [1.807, 2.05) is 0 Å². The van der Waals surface area contributed by atoms with Gasteiger partial charge in [-0.25, -0.2) is 0 Å². The molecule has 0 aromatic heterocycles. The third-order valence-electron chi connectivity index (χ3n) is 1.83. The van der Waals surface area contributed by atoms with E-state index >= 15 is 0 Å². The number of rotatable bonds is 5. The predicted molar refractivity (Wildman–Crippen MR) is 61.9 cm³/mol. The van der Waals surface area contributed by atoms with E-state index in [9.17, 15) is 8.42 Å². The van der Waals surface area contributed by atoms with Crippen LogP contribution < -0.4 is 4.74 Å². The Balaban J connectivity index is 2.50. The summed E-state index contributed by atoms with van der Waals surface area (Å²) in [7, 11) is -2.34. The number of hydrogen-bond donors (Lipinski definition) is 1. The lowest BCUT2D eigenvalue weighted by atomic mass is 10.2. The van der Waals surface area contributed by atoms with Crippen molar-refractivity contribution in [3.63, 3.8) is 0 Å². The molecule has 0 spiro atoms. The van der Waals surface area contributed by atoms with Gasteiger partial charge in [0.05, 0.1) is 19.4 Å². The van der Waals surface area contributed by atoms with Crippen molar-refractivity contribution in [2.75, 3.05) is 19.4 Å². The van der Waals surface area contributed by atoms with Crippen molar-refractivity contribution in [3.05, 3.63) is 29.8 Å². The van der Waals surface area contributed by atoms with Crippen molar-refractivity contribution in [1.82, 2.24) is 0 Å². The Bertz CT molecular complexity index is 450. The maximum atomic E-state index is 10.4. The molecule has 0 aliphatic carbocycles. The van der Waals surface area contributed by atoms with Crippen LogP contribution in [-0.4, -0.2) is 38.6 Å². The Morgan fingerprint density at radius 2 is 2.00 bits per heavy atom. The highest BCUT2D eigenvalue weighted by molar-refractivity contribution is 7.85. The molecule has 16 heavy (non-hydrogen) atoms. The molecule has 1 rings (SSSR count). The van der Waals surface area contributed by atoms with Crippen molar-refractivity contribution >= 4 is 16.3 Å². The van der Waals surface area contributed by atoms with E-state index in [1.165, 1.54) is 0 Å². The minimum atomic E-state index is -3.92. The van der Waals surface area contributed by atoms with Crippen molar-refractivity contribution in [3.8, 4) is 5.75 Å². The first-order chi connectivity index (χ1) is 7.51. The van der Waals surface area contributed by atoms with Gasteiger partial charge in [0.2, 0.25) is 0 Å². The molecule has 0 radical (unpaired) electrons. The van der Waals surface area contributed by atoms with Crippen molar-refractivity contribution < 1.29 is 17.7 Å². The molecule has 0 aliphatic heterocycles. The van der Waals surface area contributed by atoms with Crippen LogP contribution in [0.1, 0.15) is 5.56 Å². The summed E-state index contributed by atoms with van der Waals surface area (Å²) in [5.74, 6) is 0.384. The quantitative estimate of drug-likeness (QED) is 0.618. The number of methoxy groups -OCH3 is 1. The third-order valence-corrected chi connectivity index (χ3v) is 2.53. The fourth-order valence-electron chi connectivity index (χ4n) is 1.03. The van der Waals surface area contributed by atoms with Crippen LogP contribution in [0.3, 0.4) is 0 Å². The first-order valence-electron chi connectivity index (χ1n) is 4.60. The number of ether oxygens (including phenoxy) is 1. The van der Waals surface area contributed by atoms with Crippen LogP contribution in [0.2, 0.25) is 0 Å². The fraction of sp³-hybridized carbons (Fsp3) is 0.300. The highest BCUT2D eigenvalue weighted by Gasteiger charge is 2.01. The first kappa shape index (κ1) is 12.7. The largest absolute Gasteiger partial charge is 0.497 e. The minimum Gasteiger partial charge on any atom is -0.497 e. The van der Waals surface area contributed by atoms with Gasteiger partial charge in [0.1, 0.15) is 5.75 Å². The average molecular weight is 243 g/mol. The third kappa shape index (κ3) is 4.90. The van der Waals surface area contributed by atoms with Gasteiger partial charge in [0.15, 0.2) is 0 Å². The van der Waals surface area contributed by atoms with Crippen LogP contribution in [0.5, 0.6) is 5.75 Å². The van der Waals surface area contributed by atoms with Crippen LogP contribution in [0.15, 0.2) is 29.3 Å². The van der Waals surface area contributed by atoms with E-state index < -0.39 is 10.1 Å². The summed E-state index contributed by atoms with van der Waals surface area (Å²) in [5, 5.41) is 0. The van der Waals surface area contributed by atoms with Gasteiger partial charge in [0.25, 0.3) is 10.1 Å². The highest BCUT2D eigenvalue weighted by atomic mass is 32.2. The second-order valence-electron chi connectivity index (χ2n) is 3.09. The second kappa shape index (κ2) is 5.62. The van der Waals surface area contributed by atoms with Crippen LogP contribution in [0, 0.1) is 0 Å². The highest BCUT2D eigenvalue weighted by Crippen LogP contribution is 2.09. The summed E-state index contributed by atoms with van der Waals surface area (Å²) in [4.78, 5) is 3.88. The zero-order chi connectivity index (χ0) is 12.0. The molecule has 0 fully saturated rings. The lowest BCUT2D eigenvalue weighted by Crippen LogP contribution is -2.06. The summed E-state index contributed by atoms with van der Waals surface area (Å²) in [5.41, 5.74) is 0.844. The standard InChI is InChI=1S/C10H13NO4S/c1-15-10-4-2-9(3-5-10)8-11-6-7-16(12,13)14/h2-5,8H,6-7H2,1H3,(H,12,13,14). The van der Waals surface area contributed by atoms with Gasteiger partial charge in [-0.2, -0.15) is 8.42 Å². The lowest BCUT2D eigenvalue weighted by molar-refractivity contribution is 0.415. The average Bonchev–Trinajstić information content (AvgIpc) is 2.24. The van der Waals surface area contributed by atoms with E-state index in [1.54, 1.807) is 37.6 Å². The molecule has 0 heterocycles. The molecule has 0 atom stereocenters. The Morgan fingerprint density at radius 1 is 1.38 bits per heavy atom. The topological polar surface area (TPSA) is 76.0 Å². The van der Waals surface area contributed by atoms with Gasteiger partial charge >= 0.3 is 0 Å². The summed E-state index contributed by atoms with van der Waals surface area (Å²) < 4.78 is 34.2. The van der Waals surface area contributed by atoms with Crippen LogP contribution in [0.4, 0.5) is 0 Å². The maximum Gasteiger partial charge on any atom is 0.266 e. The van der Waals surface area contributed by atoms with E-state index in [-0.39, 0.29) is 12.3 Å². The molecule has 1 aromatic rings. The Labute approximate surface area is 94.5 Å². The number of benzene rings is 1. The Kier molecular flexibility index (Phi) is 4.45. The minimum absolute atomic E-state index is 0.0465. The fourth-order valence-corrected chi connectivity index (χ4v) is 1.36. The molecule has 1 N–H and O–H groups in total.